The van der Waals surface area contributed by atoms with E-state index < -0.39 is 24.3 Å². The minimum atomic E-state index is -0.702. The second-order valence-electron chi connectivity index (χ2n) is 20.8. The van der Waals surface area contributed by atoms with Crippen LogP contribution in [0.15, 0.2) is 48.8 Å². The number of methoxy groups -OCH3 is 2. The van der Waals surface area contributed by atoms with E-state index in [0.29, 0.717) is 23.2 Å². The molecule has 8 atom stereocenters. The average Bonchev–Trinajstić information content (AvgIpc) is 4.19. The maximum absolute atomic E-state index is 14.3. The number of rotatable bonds is 8. The molecular weight excluding hydrogens is 881 g/mol. The molecule has 2 saturated carbocycles. The van der Waals surface area contributed by atoms with E-state index in [2.05, 4.69) is 80.7 Å². The first-order chi connectivity index (χ1) is 33.9. The Morgan fingerprint density at radius 3 is 1.41 bits per heavy atom. The minimum Gasteiger partial charge on any atom is -0.453 e. The van der Waals surface area contributed by atoms with Crippen molar-refractivity contribution >= 4 is 24.0 Å². The van der Waals surface area contributed by atoms with E-state index in [-0.39, 0.29) is 47.8 Å². The van der Waals surface area contributed by atoms with Gasteiger partial charge in [0.15, 0.2) is 0 Å². The Kier molecular flexibility index (Phi) is 14.7. The van der Waals surface area contributed by atoms with Crippen LogP contribution in [0.1, 0.15) is 160 Å². The summed E-state index contributed by atoms with van der Waals surface area (Å²) in [6.07, 6.45) is 15.7. The van der Waals surface area contributed by atoms with E-state index in [1.165, 1.54) is 36.5 Å². The van der Waals surface area contributed by atoms with Crippen molar-refractivity contribution < 1.29 is 28.7 Å². The van der Waals surface area contributed by atoms with Crippen molar-refractivity contribution in [2.24, 2.45) is 23.7 Å². The molecule has 368 valence electrons. The molecule has 12 rings (SSSR count). The lowest BCUT2D eigenvalue weighted by Crippen LogP contribution is -2.53. The van der Waals surface area contributed by atoms with E-state index in [0.717, 1.165) is 113 Å². The van der Waals surface area contributed by atoms with Crippen molar-refractivity contribution in [1.82, 2.24) is 40.4 Å². The molecule has 2 aromatic carbocycles. The van der Waals surface area contributed by atoms with Crippen molar-refractivity contribution in [2.45, 2.75) is 154 Å². The third-order valence-electron chi connectivity index (χ3n) is 15.7. The first-order valence-corrected chi connectivity index (χ1v) is 25.6. The van der Waals surface area contributed by atoms with Gasteiger partial charge in [0.2, 0.25) is 11.8 Å². The summed E-state index contributed by atoms with van der Waals surface area (Å²) in [5.41, 5.74) is 8.13. The molecule has 4 fully saturated rings. The van der Waals surface area contributed by atoms with Crippen LogP contribution in [0.3, 0.4) is 0 Å². The van der Waals surface area contributed by atoms with Crippen molar-refractivity contribution in [2.75, 3.05) is 14.2 Å². The maximum Gasteiger partial charge on any atom is 0.407 e. The molecule has 70 heavy (non-hydrogen) atoms. The van der Waals surface area contributed by atoms with E-state index in [1.807, 2.05) is 37.5 Å². The first kappa shape index (κ1) is 48.5. The van der Waals surface area contributed by atoms with Gasteiger partial charge in [-0.15, -0.1) is 0 Å². The van der Waals surface area contributed by atoms with Crippen LogP contribution in [0.5, 0.6) is 0 Å². The zero-order valence-electron chi connectivity index (χ0n) is 41.5. The predicted molar refractivity (Wildman–Crippen MR) is 265 cm³/mol. The van der Waals surface area contributed by atoms with Gasteiger partial charge in [0.25, 0.3) is 0 Å². The highest BCUT2D eigenvalue weighted by molar-refractivity contribution is 5.87. The van der Waals surface area contributed by atoms with Gasteiger partial charge in [-0.1, -0.05) is 89.5 Å². The normalized spacial score (nSPS) is 23.4. The van der Waals surface area contributed by atoms with Gasteiger partial charge in [0, 0.05) is 23.2 Å². The Labute approximate surface area is 412 Å². The summed E-state index contributed by atoms with van der Waals surface area (Å²) in [4.78, 5) is 73.8. The summed E-state index contributed by atoms with van der Waals surface area (Å²) < 4.78 is 9.78. The number of aromatic nitrogens is 4. The molecule has 14 heteroatoms. The number of carbonyl (C=O) groups excluding carboxylic acids is 4. The van der Waals surface area contributed by atoms with Crippen LogP contribution in [0.25, 0.3) is 0 Å². The quantitative estimate of drug-likeness (QED) is 0.128. The van der Waals surface area contributed by atoms with E-state index >= 15 is 0 Å². The zero-order valence-corrected chi connectivity index (χ0v) is 41.5. The fourth-order valence-corrected chi connectivity index (χ4v) is 12.0. The molecule has 4 bridgehead atoms. The number of benzene rings is 2. The minimum absolute atomic E-state index is 0.0913. The Bertz CT molecular complexity index is 2530. The summed E-state index contributed by atoms with van der Waals surface area (Å²) in [5, 5.41) is 5.60. The number of hydrogen-bond acceptors (Lipinski definition) is 8. The second kappa shape index (κ2) is 21.2. The number of nitrogens with zero attached hydrogens (tertiary/aromatic N) is 4. The van der Waals surface area contributed by atoms with E-state index in [1.54, 1.807) is 12.4 Å². The Balaban J connectivity index is 0.907. The fourth-order valence-electron chi connectivity index (χ4n) is 12.0. The summed E-state index contributed by atoms with van der Waals surface area (Å²) in [6.45, 7) is 7.77. The molecule has 8 aliphatic rings. The standard InChI is InChI=1S/C56H68N8O6/c1-33(2)49(61-55(67)69-5)53(65)63-45-13-9-7-11-41(45)29-47(63)51-57-31-43(59-51)25-23-39-27-35-15-19-37(39)21-17-36-16-20-38(22-18-35)40(28-36)24-26-44-32-58-52(60-44)48-30-42-12-8-10-14-46(42)64(48)54(66)50(34(3)4)62-56(68)70-6/h15-16,19-20,27-28,31-34,41-42,45-50H,7-14,17-18,21-22,29-30H2,1-6H3,(H,57,59)(H,58,60)(H,61,67)(H,62,68)/t41-,42-,45-,46-,47-,48-,49?,50?/m0/s1. The third kappa shape index (κ3) is 10.3. The summed E-state index contributed by atoms with van der Waals surface area (Å²) in [5.74, 6) is 15.6. The lowest BCUT2D eigenvalue weighted by molar-refractivity contribution is -0.139. The molecule has 4 N–H and O–H groups in total. The first-order valence-electron chi connectivity index (χ1n) is 25.6. The van der Waals surface area contributed by atoms with Gasteiger partial charge in [-0.2, -0.15) is 0 Å². The van der Waals surface area contributed by atoms with Crippen molar-refractivity contribution in [3.05, 3.63) is 105 Å². The lowest BCUT2D eigenvalue weighted by atomic mass is 9.84. The monoisotopic (exact) mass is 949 g/mol. The van der Waals surface area contributed by atoms with Gasteiger partial charge in [-0.3, -0.25) is 9.59 Å². The Hall–Kier alpha value is -6.54. The molecule has 2 saturated heterocycles. The number of aromatic amines is 2. The molecule has 0 radical (unpaired) electrons. The molecule has 2 unspecified atom stereocenters. The van der Waals surface area contributed by atoms with Crippen LogP contribution in [-0.4, -0.2) is 92.1 Å². The number of H-pyrrole nitrogens is 2. The molecule has 4 amide bonds. The molecule has 4 heterocycles. The van der Waals surface area contributed by atoms with Crippen LogP contribution in [0, 0.1) is 47.4 Å². The number of likely N-dealkylation sites (tertiary alicyclic amines) is 2. The molecule has 2 aromatic heterocycles. The SMILES string of the molecule is COC(=O)NC(C(=O)N1[C@H](c2ncc(C#Cc3cc4ccc3CCc3ccc(c(C#Cc5cnc([C@@H]6C[C@@H]7CCCC[C@@H]7N6C(=O)C(NC(=O)OC)C(C)C)[nH]5)c3)CC4)[nH]2)C[C@@H]2CCCC[C@@H]21)C(C)C. The van der Waals surface area contributed by atoms with Crippen LogP contribution in [-0.2, 0) is 44.7 Å². The molecule has 4 aromatic rings. The van der Waals surface area contributed by atoms with Crippen molar-refractivity contribution in [3.8, 4) is 23.7 Å². The second-order valence-corrected chi connectivity index (χ2v) is 20.8. The summed E-state index contributed by atoms with van der Waals surface area (Å²) >= 11 is 0. The Morgan fingerprint density at radius 1 is 0.600 bits per heavy atom. The van der Waals surface area contributed by atoms with Crippen molar-refractivity contribution in [1.29, 1.82) is 0 Å². The number of fused-ring (bicyclic) bond motifs is 2. The smallest absolute Gasteiger partial charge is 0.407 e. The van der Waals surface area contributed by atoms with Gasteiger partial charge >= 0.3 is 12.2 Å². The van der Waals surface area contributed by atoms with Crippen LogP contribution in [0.2, 0.25) is 0 Å². The Morgan fingerprint density at radius 2 is 1.01 bits per heavy atom. The summed E-state index contributed by atoms with van der Waals surface area (Å²) in [6, 6.07) is 11.6. The highest BCUT2D eigenvalue weighted by atomic mass is 16.5. The number of amides is 4. The van der Waals surface area contributed by atoms with Crippen LogP contribution in [0.4, 0.5) is 9.59 Å². The lowest BCUT2D eigenvalue weighted by Gasteiger charge is -2.36. The van der Waals surface area contributed by atoms with Gasteiger partial charge in [0.1, 0.15) is 35.1 Å². The number of ether oxygens (including phenoxy) is 2. The fraction of sp³-hybridized carbons (Fsp3) is 0.536. The van der Waals surface area contributed by atoms with E-state index in [9.17, 15) is 19.2 Å². The van der Waals surface area contributed by atoms with Crippen LogP contribution < -0.4 is 10.6 Å². The van der Waals surface area contributed by atoms with E-state index in [4.69, 9.17) is 19.4 Å². The number of alkyl carbamates (subject to hydrolysis) is 2. The topological polar surface area (TPSA) is 175 Å². The van der Waals surface area contributed by atoms with Gasteiger partial charge in [-0.05, 0) is 134 Å². The summed E-state index contributed by atoms with van der Waals surface area (Å²) in [7, 11) is 2.64. The van der Waals surface area contributed by atoms with Crippen molar-refractivity contribution in [3.63, 3.8) is 0 Å². The van der Waals surface area contributed by atoms with Crippen LogP contribution >= 0.6 is 0 Å². The zero-order chi connectivity index (χ0) is 49.1. The number of nitrogens with one attached hydrogen (secondary N) is 4. The number of carbonyl (C=O) groups is 4. The predicted octanol–water partition coefficient (Wildman–Crippen LogP) is 8.24. The van der Waals surface area contributed by atoms with Gasteiger partial charge < -0.3 is 39.9 Å². The molecule has 2 aliphatic heterocycles. The highest BCUT2D eigenvalue weighted by Gasteiger charge is 2.50. The third-order valence-corrected chi connectivity index (χ3v) is 15.7. The highest BCUT2D eigenvalue weighted by Crippen LogP contribution is 2.47. The van der Waals surface area contributed by atoms with Gasteiger partial charge in [-0.25, -0.2) is 19.6 Å². The molecule has 14 nitrogen and oxygen atoms in total. The average molecular weight is 949 g/mol. The number of aryl methyl sites for hydroxylation is 4. The maximum atomic E-state index is 14.3. The molecule has 6 aliphatic carbocycles. The number of hydrogen-bond donors (Lipinski definition) is 4. The molecule has 0 spiro atoms. The largest absolute Gasteiger partial charge is 0.453 e. The molecular formula is C56H68N8O6. The van der Waals surface area contributed by atoms with Gasteiger partial charge in [0.05, 0.1) is 38.7 Å². The number of imidazole rings is 2.